The van der Waals surface area contributed by atoms with Crippen LogP contribution < -0.4 is 0 Å². The van der Waals surface area contributed by atoms with E-state index in [1.807, 2.05) is 13.0 Å². The van der Waals surface area contributed by atoms with Crippen LogP contribution >= 0.6 is 0 Å². The van der Waals surface area contributed by atoms with Crippen LogP contribution in [-0.4, -0.2) is 22.1 Å². The van der Waals surface area contributed by atoms with E-state index in [1.54, 1.807) is 0 Å². The number of hydrogen-bond acceptors (Lipinski definition) is 3. The Morgan fingerprint density at radius 3 is 2.56 bits per heavy atom. The van der Waals surface area contributed by atoms with E-state index in [0.29, 0.717) is 12.0 Å². The molecular formula is C13H22N2O. The van der Waals surface area contributed by atoms with Gasteiger partial charge in [-0.2, -0.15) is 0 Å². The van der Waals surface area contributed by atoms with Crippen LogP contribution in [0.25, 0.3) is 0 Å². The van der Waals surface area contributed by atoms with Gasteiger partial charge in [-0.05, 0) is 32.6 Å². The molecule has 0 saturated heterocycles. The molecule has 90 valence electrons. The second kappa shape index (κ2) is 4.58. The molecule has 1 aliphatic carbocycles. The van der Waals surface area contributed by atoms with E-state index in [9.17, 15) is 0 Å². The first-order valence-corrected chi connectivity index (χ1v) is 6.26. The molecule has 0 aliphatic heterocycles. The molecular weight excluding hydrogens is 200 g/mol. The van der Waals surface area contributed by atoms with Crippen LogP contribution in [0.4, 0.5) is 0 Å². The predicted molar refractivity (Wildman–Crippen MR) is 64.1 cm³/mol. The molecule has 0 amide bonds. The monoisotopic (exact) mass is 222 g/mol. The summed E-state index contributed by atoms with van der Waals surface area (Å²) in [5.41, 5.74) is 0.975. The van der Waals surface area contributed by atoms with Gasteiger partial charge in [0, 0.05) is 18.2 Å². The first-order valence-electron chi connectivity index (χ1n) is 6.26. The summed E-state index contributed by atoms with van der Waals surface area (Å²) in [7, 11) is 0. The molecule has 1 aromatic rings. The Labute approximate surface area is 97.8 Å². The van der Waals surface area contributed by atoms with Crippen LogP contribution in [0.15, 0.2) is 10.6 Å². The van der Waals surface area contributed by atoms with Gasteiger partial charge in [0.25, 0.3) is 0 Å². The Morgan fingerprint density at radius 2 is 2.12 bits per heavy atom. The molecule has 1 saturated carbocycles. The van der Waals surface area contributed by atoms with E-state index in [0.717, 1.165) is 24.0 Å². The Balaban J connectivity index is 2.02. The van der Waals surface area contributed by atoms with Crippen molar-refractivity contribution in [1.82, 2.24) is 10.1 Å². The summed E-state index contributed by atoms with van der Waals surface area (Å²) in [5, 5.41) is 3.95. The van der Waals surface area contributed by atoms with Gasteiger partial charge in [0.1, 0.15) is 0 Å². The molecule has 1 fully saturated rings. The Bertz CT molecular complexity index is 341. The topological polar surface area (TPSA) is 29.3 Å². The van der Waals surface area contributed by atoms with E-state index >= 15 is 0 Å². The first-order chi connectivity index (χ1) is 7.58. The van der Waals surface area contributed by atoms with E-state index in [-0.39, 0.29) is 0 Å². The Hall–Kier alpha value is -0.830. The van der Waals surface area contributed by atoms with Crippen molar-refractivity contribution in [2.45, 2.75) is 59.2 Å². The standard InChI is InChI=1S/C13H22N2O/c1-9(2)11(4)15(12-5-6-12)8-13-7-10(3)14-16-13/h7,9,11-12H,5-6,8H2,1-4H3/t11-/m1/s1. The highest BCUT2D eigenvalue weighted by molar-refractivity contribution is 5.04. The van der Waals surface area contributed by atoms with Gasteiger partial charge in [-0.15, -0.1) is 0 Å². The van der Waals surface area contributed by atoms with Gasteiger partial charge in [0.15, 0.2) is 5.76 Å². The maximum absolute atomic E-state index is 5.31. The largest absolute Gasteiger partial charge is 0.360 e. The molecule has 1 heterocycles. The second-order valence-corrected chi connectivity index (χ2v) is 5.32. The molecule has 3 heteroatoms. The van der Waals surface area contributed by atoms with E-state index in [1.165, 1.54) is 12.8 Å². The number of nitrogens with zero attached hydrogens (tertiary/aromatic N) is 2. The number of hydrogen-bond donors (Lipinski definition) is 0. The molecule has 0 radical (unpaired) electrons. The fourth-order valence-corrected chi connectivity index (χ4v) is 2.07. The highest BCUT2D eigenvalue weighted by Crippen LogP contribution is 2.32. The third-order valence-corrected chi connectivity index (χ3v) is 3.52. The summed E-state index contributed by atoms with van der Waals surface area (Å²) in [6.07, 6.45) is 2.67. The molecule has 1 atom stereocenters. The third kappa shape index (κ3) is 2.64. The maximum Gasteiger partial charge on any atom is 0.150 e. The maximum atomic E-state index is 5.31. The summed E-state index contributed by atoms with van der Waals surface area (Å²) < 4.78 is 5.31. The van der Waals surface area contributed by atoms with E-state index in [2.05, 4.69) is 30.8 Å². The van der Waals surface area contributed by atoms with E-state index < -0.39 is 0 Å². The highest BCUT2D eigenvalue weighted by atomic mass is 16.5. The van der Waals surface area contributed by atoms with Crippen LogP contribution in [0, 0.1) is 12.8 Å². The normalized spacial score (nSPS) is 18.4. The van der Waals surface area contributed by atoms with Crippen LogP contribution in [0.5, 0.6) is 0 Å². The third-order valence-electron chi connectivity index (χ3n) is 3.52. The second-order valence-electron chi connectivity index (χ2n) is 5.32. The molecule has 1 aromatic heterocycles. The van der Waals surface area contributed by atoms with Gasteiger partial charge < -0.3 is 4.52 Å². The first kappa shape index (κ1) is 11.6. The van der Waals surface area contributed by atoms with Crippen molar-refractivity contribution in [3.63, 3.8) is 0 Å². The highest BCUT2D eigenvalue weighted by Gasteiger charge is 2.33. The minimum Gasteiger partial charge on any atom is -0.360 e. The van der Waals surface area contributed by atoms with Gasteiger partial charge in [-0.3, -0.25) is 4.90 Å². The van der Waals surface area contributed by atoms with Gasteiger partial charge in [0.05, 0.1) is 12.2 Å². The molecule has 0 unspecified atom stereocenters. The van der Waals surface area contributed by atoms with Crippen molar-refractivity contribution in [2.24, 2.45) is 5.92 Å². The lowest BCUT2D eigenvalue weighted by molar-refractivity contribution is 0.135. The smallest absolute Gasteiger partial charge is 0.150 e. The van der Waals surface area contributed by atoms with Crippen LogP contribution in [0.1, 0.15) is 45.1 Å². The summed E-state index contributed by atoms with van der Waals surface area (Å²) in [6, 6.07) is 3.42. The average molecular weight is 222 g/mol. The zero-order valence-corrected chi connectivity index (χ0v) is 10.7. The quantitative estimate of drug-likeness (QED) is 0.767. The summed E-state index contributed by atoms with van der Waals surface area (Å²) in [6.45, 7) is 9.76. The van der Waals surface area contributed by atoms with Gasteiger partial charge in [-0.25, -0.2) is 0 Å². The Morgan fingerprint density at radius 1 is 1.44 bits per heavy atom. The minimum atomic E-state index is 0.609. The number of aromatic nitrogens is 1. The molecule has 0 spiro atoms. The number of aryl methyl sites for hydroxylation is 1. The van der Waals surface area contributed by atoms with Crippen LogP contribution in [0.2, 0.25) is 0 Å². The van der Waals surface area contributed by atoms with Crippen molar-refractivity contribution >= 4 is 0 Å². The fourth-order valence-electron chi connectivity index (χ4n) is 2.07. The zero-order chi connectivity index (χ0) is 11.7. The van der Waals surface area contributed by atoms with Crippen LogP contribution in [-0.2, 0) is 6.54 Å². The lowest BCUT2D eigenvalue weighted by Crippen LogP contribution is -2.37. The predicted octanol–water partition coefficient (Wildman–Crippen LogP) is 2.99. The Kier molecular flexibility index (Phi) is 3.33. The van der Waals surface area contributed by atoms with Gasteiger partial charge >= 0.3 is 0 Å². The summed E-state index contributed by atoms with van der Waals surface area (Å²) in [5.74, 6) is 1.68. The average Bonchev–Trinajstić information content (AvgIpc) is 2.98. The van der Waals surface area contributed by atoms with Crippen LogP contribution in [0.3, 0.4) is 0 Å². The zero-order valence-electron chi connectivity index (χ0n) is 10.7. The molecule has 16 heavy (non-hydrogen) atoms. The lowest BCUT2D eigenvalue weighted by atomic mass is 10.0. The van der Waals surface area contributed by atoms with Crippen molar-refractivity contribution in [2.75, 3.05) is 0 Å². The molecule has 2 rings (SSSR count). The van der Waals surface area contributed by atoms with Crippen molar-refractivity contribution in [3.8, 4) is 0 Å². The molecule has 1 aliphatic rings. The fraction of sp³-hybridized carbons (Fsp3) is 0.769. The lowest BCUT2D eigenvalue weighted by Gasteiger charge is -2.30. The van der Waals surface area contributed by atoms with Crippen molar-refractivity contribution in [3.05, 3.63) is 17.5 Å². The summed E-state index contributed by atoms with van der Waals surface area (Å²) >= 11 is 0. The molecule has 0 N–H and O–H groups in total. The van der Waals surface area contributed by atoms with Crippen molar-refractivity contribution < 1.29 is 4.52 Å². The molecule has 0 aromatic carbocycles. The van der Waals surface area contributed by atoms with Gasteiger partial charge in [-0.1, -0.05) is 19.0 Å². The molecule has 3 nitrogen and oxygen atoms in total. The summed E-state index contributed by atoms with van der Waals surface area (Å²) in [4.78, 5) is 2.56. The van der Waals surface area contributed by atoms with Gasteiger partial charge in [0.2, 0.25) is 0 Å². The SMILES string of the molecule is Cc1cc(CN(C2CC2)[C@H](C)C(C)C)on1. The van der Waals surface area contributed by atoms with Crippen molar-refractivity contribution in [1.29, 1.82) is 0 Å². The number of rotatable bonds is 5. The van der Waals surface area contributed by atoms with E-state index in [4.69, 9.17) is 4.52 Å². The molecule has 0 bridgehead atoms. The minimum absolute atomic E-state index is 0.609.